The number of nitrogens with zero attached hydrogens (tertiary/aromatic N) is 1. The van der Waals surface area contributed by atoms with Crippen molar-refractivity contribution in [2.75, 3.05) is 32.5 Å². The second-order valence-electron chi connectivity index (χ2n) is 3.67. The van der Waals surface area contributed by atoms with Crippen LogP contribution in [0.5, 0.6) is 0 Å². The Kier molecular flexibility index (Phi) is 4.12. The molecule has 0 bridgehead atoms. The highest BCUT2D eigenvalue weighted by molar-refractivity contribution is 5.93. The summed E-state index contributed by atoms with van der Waals surface area (Å²) in [7, 11) is 4.05. The van der Waals surface area contributed by atoms with Crippen LogP contribution in [-0.4, -0.2) is 38.0 Å². The van der Waals surface area contributed by atoms with Crippen molar-refractivity contribution in [2.45, 2.75) is 0 Å². The minimum atomic E-state index is -0.394. The molecule has 0 unspecified atom stereocenters. The van der Waals surface area contributed by atoms with Gasteiger partial charge in [-0.1, -0.05) is 0 Å². The van der Waals surface area contributed by atoms with E-state index < -0.39 is 5.91 Å². The largest absolute Gasteiger partial charge is 0.384 e. The van der Waals surface area contributed by atoms with Gasteiger partial charge in [0.25, 0.3) is 0 Å². The lowest BCUT2D eigenvalue weighted by atomic mass is 10.2. The van der Waals surface area contributed by atoms with Crippen molar-refractivity contribution < 1.29 is 4.79 Å². The Morgan fingerprint density at radius 2 is 1.93 bits per heavy atom. The molecule has 4 nitrogen and oxygen atoms in total. The van der Waals surface area contributed by atoms with E-state index in [9.17, 15) is 4.79 Å². The summed E-state index contributed by atoms with van der Waals surface area (Å²) >= 11 is 0. The zero-order valence-corrected chi connectivity index (χ0v) is 9.16. The second-order valence-corrected chi connectivity index (χ2v) is 3.67. The van der Waals surface area contributed by atoms with Gasteiger partial charge in [0.1, 0.15) is 0 Å². The summed E-state index contributed by atoms with van der Waals surface area (Å²) in [5.74, 6) is -0.394. The Balaban J connectivity index is 2.46. The third kappa shape index (κ3) is 3.99. The van der Waals surface area contributed by atoms with Crippen LogP contribution in [0, 0.1) is 0 Å². The van der Waals surface area contributed by atoms with E-state index >= 15 is 0 Å². The lowest BCUT2D eigenvalue weighted by Gasteiger charge is -2.11. The van der Waals surface area contributed by atoms with Crippen LogP contribution in [0.15, 0.2) is 24.3 Å². The summed E-state index contributed by atoms with van der Waals surface area (Å²) in [4.78, 5) is 12.9. The Hall–Kier alpha value is -1.55. The molecular formula is C11H17N3O. The van der Waals surface area contributed by atoms with Gasteiger partial charge >= 0.3 is 0 Å². The van der Waals surface area contributed by atoms with Gasteiger partial charge in [-0.05, 0) is 38.4 Å². The highest BCUT2D eigenvalue weighted by atomic mass is 16.1. The molecule has 3 N–H and O–H groups in total. The topological polar surface area (TPSA) is 58.4 Å². The summed E-state index contributed by atoms with van der Waals surface area (Å²) in [6, 6.07) is 7.16. The van der Waals surface area contributed by atoms with Crippen molar-refractivity contribution in [1.29, 1.82) is 0 Å². The molecular weight excluding hydrogens is 190 g/mol. The number of nitrogens with one attached hydrogen (secondary N) is 1. The maximum absolute atomic E-state index is 10.8. The molecule has 1 aromatic carbocycles. The van der Waals surface area contributed by atoms with Crippen molar-refractivity contribution >= 4 is 11.6 Å². The van der Waals surface area contributed by atoms with Crippen molar-refractivity contribution in [3.8, 4) is 0 Å². The summed E-state index contributed by atoms with van der Waals surface area (Å²) < 4.78 is 0. The lowest BCUT2D eigenvalue weighted by Crippen LogP contribution is -2.20. The molecule has 1 aromatic rings. The van der Waals surface area contributed by atoms with Gasteiger partial charge in [0.2, 0.25) is 5.91 Å². The molecule has 0 spiro atoms. The van der Waals surface area contributed by atoms with Gasteiger partial charge in [0.05, 0.1) is 0 Å². The molecule has 0 heterocycles. The summed E-state index contributed by atoms with van der Waals surface area (Å²) in [6.45, 7) is 1.85. The fourth-order valence-electron chi connectivity index (χ4n) is 1.18. The molecule has 0 aliphatic heterocycles. The van der Waals surface area contributed by atoms with Gasteiger partial charge in [-0.3, -0.25) is 4.79 Å². The minimum absolute atomic E-state index is 0.394. The predicted octanol–water partition coefficient (Wildman–Crippen LogP) is 0.759. The van der Waals surface area contributed by atoms with Crippen LogP contribution in [0.3, 0.4) is 0 Å². The van der Waals surface area contributed by atoms with Crippen LogP contribution in [0.1, 0.15) is 10.4 Å². The number of rotatable bonds is 5. The first kappa shape index (κ1) is 11.5. The number of nitrogens with two attached hydrogens (primary N) is 1. The van der Waals surface area contributed by atoms with E-state index in [-0.39, 0.29) is 0 Å². The standard InChI is InChI=1S/C11H17N3O/c1-14(2)8-7-13-10-5-3-9(4-6-10)11(12)15/h3-6,13H,7-8H2,1-2H3,(H2,12,15). The van der Waals surface area contributed by atoms with Gasteiger partial charge in [0.15, 0.2) is 0 Å². The Morgan fingerprint density at radius 1 is 1.33 bits per heavy atom. The Morgan fingerprint density at radius 3 is 2.40 bits per heavy atom. The van der Waals surface area contributed by atoms with Gasteiger partial charge in [-0.15, -0.1) is 0 Å². The molecule has 0 aliphatic rings. The quantitative estimate of drug-likeness (QED) is 0.749. The first-order valence-electron chi connectivity index (χ1n) is 4.88. The lowest BCUT2D eigenvalue weighted by molar-refractivity contribution is 0.100. The highest BCUT2D eigenvalue weighted by Gasteiger charge is 1.98. The molecule has 0 aromatic heterocycles. The first-order valence-corrected chi connectivity index (χ1v) is 4.88. The average Bonchev–Trinajstić information content (AvgIpc) is 2.18. The van der Waals surface area contributed by atoms with Gasteiger partial charge < -0.3 is 16.0 Å². The summed E-state index contributed by atoms with van der Waals surface area (Å²) in [5.41, 5.74) is 6.67. The van der Waals surface area contributed by atoms with E-state index in [0.717, 1.165) is 18.8 Å². The molecule has 1 rings (SSSR count). The summed E-state index contributed by atoms with van der Waals surface area (Å²) in [5, 5.41) is 3.25. The van der Waals surface area contributed by atoms with E-state index in [1.165, 1.54) is 0 Å². The number of likely N-dealkylation sites (N-methyl/N-ethyl adjacent to an activating group) is 1. The molecule has 0 atom stereocenters. The molecule has 82 valence electrons. The van der Waals surface area contributed by atoms with Gasteiger partial charge in [0, 0.05) is 24.3 Å². The number of hydrogen-bond donors (Lipinski definition) is 2. The summed E-state index contributed by atoms with van der Waals surface area (Å²) in [6.07, 6.45) is 0. The number of carbonyl (C=O) groups excluding carboxylic acids is 1. The highest BCUT2D eigenvalue weighted by Crippen LogP contribution is 2.08. The van der Waals surface area contributed by atoms with Crippen LogP contribution in [0.4, 0.5) is 5.69 Å². The number of benzene rings is 1. The minimum Gasteiger partial charge on any atom is -0.384 e. The number of primary amides is 1. The Bertz CT molecular complexity index is 319. The van der Waals surface area contributed by atoms with E-state index in [4.69, 9.17) is 5.73 Å². The molecule has 0 saturated carbocycles. The third-order valence-corrected chi connectivity index (χ3v) is 2.06. The maximum Gasteiger partial charge on any atom is 0.248 e. The fourth-order valence-corrected chi connectivity index (χ4v) is 1.18. The normalized spacial score (nSPS) is 10.3. The number of amides is 1. The first-order chi connectivity index (χ1) is 7.09. The van der Waals surface area contributed by atoms with E-state index in [0.29, 0.717) is 5.56 Å². The average molecular weight is 207 g/mol. The van der Waals surface area contributed by atoms with Crippen molar-refractivity contribution in [3.05, 3.63) is 29.8 Å². The molecule has 4 heteroatoms. The van der Waals surface area contributed by atoms with Crippen LogP contribution in [0.2, 0.25) is 0 Å². The van der Waals surface area contributed by atoms with Crippen LogP contribution in [0.25, 0.3) is 0 Å². The van der Waals surface area contributed by atoms with Crippen molar-refractivity contribution in [3.63, 3.8) is 0 Å². The zero-order chi connectivity index (χ0) is 11.3. The van der Waals surface area contributed by atoms with Crippen LogP contribution < -0.4 is 11.1 Å². The molecule has 1 amide bonds. The SMILES string of the molecule is CN(C)CCNc1ccc(C(N)=O)cc1. The van der Waals surface area contributed by atoms with Gasteiger partial charge in [-0.25, -0.2) is 0 Å². The van der Waals surface area contributed by atoms with E-state index in [2.05, 4.69) is 10.2 Å². The number of anilines is 1. The predicted molar refractivity (Wildman–Crippen MR) is 62.0 cm³/mol. The molecule has 0 fully saturated rings. The molecule has 0 aliphatic carbocycles. The van der Waals surface area contributed by atoms with Crippen LogP contribution >= 0.6 is 0 Å². The number of hydrogen-bond acceptors (Lipinski definition) is 3. The smallest absolute Gasteiger partial charge is 0.248 e. The Labute approximate surface area is 90.1 Å². The fraction of sp³-hybridized carbons (Fsp3) is 0.364. The monoisotopic (exact) mass is 207 g/mol. The maximum atomic E-state index is 10.8. The van der Waals surface area contributed by atoms with E-state index in [1.807, 2.05) is 26.2 Å². The van der Waals surface area contributed by atoms with Crippen LogP contribution in [-0.2, 0) is 0 Å². The number of carbonyl (C=O) groups is 1. The third-order valence-electron chi connectivity index (χ3n) is 2.06. The van der Waals surface area contributed by atoms with Crippen molar-refractivity contribution in [1.82, 2.24) is 4.90 Å². The van der Waals surface area contributed by atoms with Gasteiger partial charge in [-0.2, -0.15) is 0 Å². The van der Waals surface area contributed by atoms with E-state index in [1.54, 1.807) is 12.1 Å². The zero-order valence-electron chi connectivity index (χ0n) is 9.16. The van der Waals surface area contributed by atoms with Crippen molar-refractivity contribution in [2.24, 2.45) is 5.73 Å². The molecule has 15 heavy (non-hydrogen) atoms. The second kappa shape index (κ2) is 5.36. The molecule has 0 saturated heterocycles. The molecule has 0 radical (unpaired) electrons.